The van der Waals surface area contributed by atoms with Gasteiger partial charge in [-0.05, 0) is 52.7 Å². The third kappa shape index (κ3) is 4.19. The Balaban J connectivity index is 1.36. The number of hydrogen-bond donors (Lipinski definition) is 0. The molecule has 0 aromatic heterocycles. The average molecular weight is 552 g/mol. The first-order valence-electron chi connectivity index (χ1n) is 14.7. The number of hydrogen-bond acceptors (Lipinski definition) is 2. The summed E-state index contributed by atoms with van der Waals surface area (Å²) in [5, 5.41) is 2.43. The van der Waals surface area contributed by atoms with Crippen LogP contribution in [-0.2, 0) is 5.60 Å². The van der Waals surface area contributed by atoms with Crippen molar-refractivity contribution in [1.82, 2.24) is 0 Å². The summed E-state index contributed by atoms with van der Waals surface area (Å²) in [7, 11) is 0. The molecule has 0 radical (unpaired) electrons. The predicted molar refractivity (Wildman–Crippen MR) is 177 cm³/mol. The first kappa shape index (κ1) is 25.1. The predicted octanol–water partition coefficient (Wildman–Crippen LogP) is 10.7. The Morgan fingerprint density at radius 1 is 0.395 bits per heavy atom. The van der Waals surface area contributed by atoms with Gasteiger partial charge in [0.25, 0.3) is 0 Å². The molecule has 0 unspecified atom stereocenters. The van der Waals surface area contributed by atoms with Crippen molar-refractivity contribution < 1.29 is 4.74 Å². The van der Waals surface area contributed by atoms with Crippen LogP contribution in [0.3, 0.4) is 0 Å². The van der Waals surface area contributed by atoms with Crippen LogP contribution < -0.4 is 9.64 Å². The maximum absolute atomic E-state index is 7.32. The lowest BCUT2D eigenvalue weighted by Gasteiger charge is -2.41. The van der Waals surface area contributed by atoms with Crippen LogP contribution in [0.1, 0.15) is 16.7 Å². The highest BCUT2D eigenvalue weighted by molar-refractivity contribution is 5.90. The molecule has 0 saturated carbocycles. The minimum absolute atomic E-state index is 0.800. The smallest absolute Gasteiger partial charge is 0.185 e. The molecular formula is C41H29NO. The quantitative estimate of drug-likeness (QED) is 0.211. The van der Waals surface area contributed by atoms with E-state index < -0.39 is 5.60 Å². The average Bonchev–Trinajstić information content (AvgIpc) is 3.09. The van der Waals surface area contributed by atoms with E-state index in [0.717, 1.165) is 45.1 Å². The number of benzene rings is 7. The van der Waals surface area contributed by atoms with Gasteiger partial charge >= 0.3 is 0 Å². The maximum atomic E-state index is 7.32. The molecule has 204 valence electrons. The highest BCUT2D eigenvalue weighted by Crippen LogP contribution is 2.52. The lowest BCUT2D eigenvalue weighted by Crippen LogP contribution is -2.38. The second kappa shape index (κ2) is 10.3. The van der Waals surface area contributed by atoms with Gasteiger partial charge in [-0.3, -0.25) is 0 Å². The Morgan fingerprint density at radius 2 is 0.953 bits per heavy atom. The normalized spacial score (nSPS) is 13.0. The van der Waals surface area contributed by atoms with E-state index in [-0.39, 0.29) is 0 Å². The van der Waals surface area contributed by atoms with Crippen molar-refractivity contribution >= 4 is 27.8 Å². The summed E-state index contributed by atoms with van der Waals surface area (Å²) >= 11 is 0. The molecule has 2 heteroatoms. The third-order valence-corrected chi connectivity index (χ3v) is 8.45. The van der Waals surface area contributed by atoms with Gasteiger partial charge in [-0.1, -0.05) is 133 Å². The number of para-hydroxylation sites is 1. The van der Waals surface area contributed by atoms with Crippen molar-refractivity contribution in [2.24, 2.45) is 0 Å². The minimum atomic E-state index is -0.800. The van der Waals surface area contributed by atoms with Gasteiger partial charge in [0.1, 0.15) is 5.75 Å². The molecule has 43 heavy (non-hydrogen) atoms. The molecule has 2 nitrogen and oxygen atoms in total. The lowest BCUT2D eigenvalue weighted by molar-refractivity contribution is 0.152. The van der Waals surface area contributed by atoms with E-state index in [2.05, 4.69) is 181 Å². The number of ether oxygens (including phenoxy) is 1. The van der Waals surface area contributed by atoms with Crippen LogP contribution in [0, 0.1) is 0 Å². The molecule has 0 bridgehead atoms. The minimum Gasteiger partial charge on any atom is -0.472 e. The van der Waals surface area contributed by atoms with E-state index in [1.54, 1.807) is 0 Å². The molecule has 7 aromatic rings. The van der Waals surface area contributed by atoms with Crippen LogP contribution >= 0.6 is 0 Å². The molecule has 1 aliphatic heterocycles. The van der Waals surface area contributed by atoms with Crippen LogP contribution in [0.5, 0.6) is 5.75 Å². The SMILES string of the molecule is c1ccc(N(c2ccc3c(c2)OC(c2ccccc2)(c2ccccc2)c2ccccc2-3)c2ccc3ccccc3c2)cc1. The van der Waals surface area contributed by atoms with Gasteiger partial charge in [0.05, 0.1) is 0 Å². The molecule has 0 atom stereocenters. The first-order valence-corrected chi connectivity index (χ1v) is 14.7. The van der Waals surface area contributed by atoms with Gasteiger partial charge in [-0.15, -0.1) is 0 Å². The zero-order chi connectivity index (χ0) is 28.6. The summed E-state index contributed by atoms with van der Waals surface area (Å²) < 4.78 is 7.32. The van der Waals surface area contributed by atoms with E-state index >= 15 is 0 Å². The standard InChI is InChI=1S/C41H29NO/c1-4-16-32(17-5-1)41(33-18-6-2-7-19-33)39-23-13-12-22-37(39)38-27-26-36(29-40(38)43-41)42(34-20-8-3-9-21-34)35-25-24-30-14-10-11-15-31(30)28-35/h1-29H. The lowest BCUT2D eigenvalue weighted by atomic mass is 9.75. The zero-order valence-electron chi connectivity index (χ0n) is 23.6. The van der Waals surface area contributed by atoms with Gasteiger partial charge in [0.2, 0.25) is 0 Å². The Kier molecular flexibility index (Phi) is 6.05. The fourth-order valence-electron chi connectivity index (χ4n) is 6.48. The van der Waals surface area contributed by atoms with E-state index in [4.69, 9.17) is 4.74 Å². The van der Waals surface area contributed by atoms with Gasteiger partial charge in [0, 0.05) is 45.4 Å². The van der Waals surface area contributed by atoms with Crippen molar-refractivity contribution in [1.29, 1.82) is 0 Å². The summed E-state index contributed by atoms with van der Waals surface area (Å²) in [6.07, 6.45) is 0. The Hall–Kier alpha value is -5.60. The Labute approximate surface area is 252 Å². The summed E-state index contributed by atoms with van der Waals surface area (Å²) in [6.45, 7) is 0. The molecule has 8 rings (SSSR count). The molecule has 7 aromatic carbocycles. The largest absolute Gasteiger partial charge is 0.472 e. The van der Waals surface area contributed by atoms with Crippen molar-refractivity contribution in [2.75, 3.05) is 4.90 Å². The Morgan fingerprint density at radius 3 is 1.67 bits per heavy atom. The maximum Gasteiger partial charge on any atom is 0.185 e. The van der Waals surface area contributed by atoms with Crippen molar-refractivity contribution in [2.45, 2.75) is 5.60 Å². The fourth-order valence-corrected chi connectivity index (χ4v) is 6.48. The number of rotatable bonds is 5. The molecule has 1 aliphatic rings. The van der Waals surface area contributed by atoms with Crippen molar-refractivity contribution in [3.8, 4) is 16.9 Å². The second-order valence-electron chi connectivity index (χ2n) is 10.9. The summed E-state index contributed by atoms with van der Waals surface area (Å²) in [5.41, 5.74) is 8.03. The third-order valence-electron chi connectivity index (χ3n) is 8.45. The van der Waals surface area contributed by atoms with Gasteiger partial charge in [-0.2, -0.15) is 0 Å². The molecule has 0 aliphatic carbocycles. The Bertz CT molecular complexity index is 2010. The summed E-state index contributed by atoms with van der Waals surface area (Å²) in [5.74, 6) is 0.852. The monoisotopic (exact) mass is 551 g/mol. The van der Waals surface area contributed by atoms with E-state index in [1.165, 1.54) is 16.3 Å². The van der Waals surface area contributed by atoms with Crippen LogP contribution in [0.25, 0.3) is 21.9 Å². The molecule has 0 N–H and O–H groups in total. The summed E-state index contributed by atoms with van der Waals surface area (Å²) in [6, 6.07) is 62.1. The van der Waals surface area contributed by atoms with Crippen LogP contribution in [0.4, 0.5) is 17.1 Å². The van der Waals surface area contributed by atoms with Crippen molar-refractivity contribution in [3.05, 3.63) is 193 Å². The topological polar surface area (TPSA) is 12.5 Å². The zero-order valence-corrected chi connectivity index (χ0v) is 23.6. The highest BCUT2D eigenvalue weighted by atomic mass is 16.5. The van der Waals surface area contributed by atoms with Gasteiger partial charge < -0.3 is 9.64 Å². The highest BCUT2D eigenvalue weighted by Gasteiger charge is 2.44. The molecular weight excluding hydrogens is 522 g/mol. The molecule has 0 amide bonds. The van der Waals surface area contributed by atoms with Gasteiger partial charge in [-0.25, -0.2) is 0 Å². The summed E-state index contributed by atoms with van der Waals surface area (Å²) in [4.78, 5) is 2.31. The number of fused-ring (bicyclic) bond motifs is 4. The van der Waals surface area contributed by atoms with E-state index in [0.29, 0.717) is 0 Å². The molecule has 1 heterocycles. The van der Waals surface area contributed by atoms with E-state index in [9.17, 15) is 0 Å². The van der Waals surface area contributed by atoms with E-state index in [1.807, 2.05) is 0 Å². The molecule has 0 fully saturated rings. The van der Waals surface area contributed by atoms with Crippen LogP contribution in [0.15, 0.2) is 176 Å². The number of nitrogens with zero attached hydrogens (tertiary/aromatic N) is 1. The molecule has 0 saturated heterocycles. The number of anilines is 3. The van der Waals surface area contributed by atoms with Gasteiger partial charge in [0.15, 0.2) is 5.60 Å². The van der Waals surface area contributed by atoms with Crippen molar-refractivity contribution in [3.63, 3.8) is 0 Å². The van der Waals surface area contributed by atoms with Crippen LogP contribution in [-0.4, -0.2) is 0 Å². The second-order valence-corrected chi connectivity index (χ2v) is 10.9. The van der Waals surface area contributed by atoms with Crippen LogP contribution in [0.2, 0.25) is 0 Å². The molecule has 0 spiro atoms. The fraction of sp³-hybridized carbons (Fsp3) is 0.0244. The first-order chi connectivity index (χ1) is 21.3.